The summed E-state index contributed by atoms with van der Waals surface area (Å²) in [6.07, 6.45) is -4.54. The van der Waals surface area contributed by atoms with Gasteiger partial charge < -0.3 is 9.13 Å². The summed E-state index contributed by atoms with van der Waals surface area (Å²) < 4.78 is 47.4. The van der Waals surface area contributed by atoms with Gasteiger partial charge in [0.05, 0.1) is 68.8 Å². The minimum atomic E-state index is -4.54. The fraction of sp³-hybridized carbons (Fsp3) is 0.0339. The number of alkyl halides is 3. The molecule has 0 atom stereocenters. The molecule has 0 bridgehead atoms. The first kappa shape index (κ1) is 40.6. The standard InChI is InChI=1S/C59H34F3N5/c1-36-25-44(29-45(26-36)59(60,61)62)43-17-21-49(58(32-43)67-54-16-6-4-14-48(54)51-31-42(19-23-56(51)67)40-12-8-10-38(28-40)35-64)52-33-46(65-2)20-24-57(52)66-53-15-5-3-13-47(53)50-30-41(18-22-55(50)66)39-11-7-9-37(27-39)34-63/h3-33H,1H3. The molecule has 2 heterocycles. The van der Waals surface area contributed by atoms with Crippen LogP contribution in [0.5, 0.6) is 0 Å². The number of aryl methyl sites for hydroxylation is 1. The van der Waals surface area contributed by atoms with Gasteiger partial charge in [-0.15, -0.1) is 0 Å². The van der Waals surface area contributed by atoms with Crippen molar-refractivity contribution >= 4 is 49.3 Å². The Bertz CT molecular complexity index is 3980. The number of benzene rings is 9. The monoisotopic (exact) mass is 869 g/mol. The molecule has 5 nitrogen and oxygen atoms in total. The molecule has 316 valence electrons. The van der Waals surface area contributed by atoms with Gasteiger partial charge in [-0.2, -0.15) is 23.7 Å². The van der Waals surface area contributed by atoms with Crippen LogP contribution >= 0.6 is 0 Å². The van der Waals surface area contributed by atoms with Crippen molar-refractivity contribution in [3.63, 3.8) is 0 Å². The van der Waals surface area contributed by atoms with Gasteiger partial charge in [0.1, 0.15) is 0 Å². The third kappa shape index (κ3) is 6.95. The van der Waals surface area contributed by atoms with Crippen molar-refractivity contribution in [2.45, 2.75) is 13.1 Å². The first-order valence-electron chi connectivity index (χ1n) is 21.5. The highest BCUT2D eigenvalue weighted by Crippen LogP contribution is 2.45. The molecule has 0 aliphatic rings. The number of para-hydroxylation sites is 2. The number of hydrogen-bond acceptors (Lipinski definition) is 2. The van der Waals surface area contributed by atoms with Crippen molar-refractivity contribution in [2.75, 3.05) is 0 Å². The van der Waals surface area contributed by atoms with Gasteiger partial charge in [-0.05, 0) is 142 Å². The van der Waals surface area contributed by atoms with Crippen LogP contribution in [0.2, 0.25) is 0 Å². The van der Waals surface area contributed by atoms with Gasteiger partial charge in [0.2, 0.25) is 0 Å². The molecule has 0 spiro atoms. The van der Waals surface area contributed by atoms with Crippen LogP contribution in [0.1, 0.15) is 22.3 Å². The quantitative estimate of drug-likeness (QED) is 0.156. The van der Waals surface area contributed by atoms with Gasteiger partial charge >= 0.3 is 6.18 Å². The summed E-state index contributed by atoms with van der Waals surface area (Å²) in [5, 5.41) is 23.3. The molecular formula is C59H34F3N5. The average molecular weight is 870 g/mol. The normalized spacial score (nSPS) is 11.5. The van der Waals surface area contributed by atoms with Crippen LogP contribution in [0.15, 0.2) is 188 Å². The molecule has 0 saturated heterocycles. The van der Waals surface area contributed by atoms with Crippen molar-refractivity contribution in [3.05, 3.63) is 222 Å². The Balaban J connectivity index is 1.21. The highest BCUT2D eigenvalue weighted by Gasteiger charge is 2.31. The van der Waals surface area contributed by atoms with E-state index >= 15 is 0 Å². The maximum absolute atomic E-state index is 14.4. The largest absolute Gasteiger partial charge is 0.416 e. The van der Waals surface area contributed by atoms with E-state index < -0.39 is 11.7 Å². The average Bonchev–Trinajstić information content (AvgIpc) is 3.87. The first-order chi connectivity index (χ1) is 32.6. The van der Waals surface area contributed by atoms with Gasteiger partial charge in [0.25, 0.3) is 0 Å². The topological polar surface area (TPSA) is 61.8 Å². The Morgan fingerprint density at radius 1 is 0.448 bits per heavy atom. The number of hydrogen-bond donors (Lipinski definition) is 0. The van der Waals surface area contributed by atoms with E-state index in [0.717, 1.165) is 88.7 Å². The lowest BCUT2D eigenvalue weighted by atomic mass is 9.94. The highest BCUT2D eigenvalue weighted by molar-refractivity contribution is 6.13. The second-order valence-corrected chi connectivity index (χ2v) is 16.7. The summed E-state index contributed by atoms with van der Waals surface area (Å²) in [6, 6.07) is 63.9. The molecule has 0 fully saturated rings. The maximum atomic E-state index is 14.4. The summed E-state index contributed by atoms with van der Waals surface area (Å²) in [5.74, 6) is 0. The minimum absolute atomic E-state index is 0.425. The highest BCUT2D eigenvalue weighted by atomic mass is 19.4. The summed E-state index contributed by atoms with van der Waals surface area (Å²) in [7, 11) is 0. The van der Waals surface area contributed by atoms with Crippen LogP contribution in [0.4, 0.5) is 18.9 Å². The van der Waals surface area contributed by atoms with Crippen LogP contribution in [0.3, 0.4) is 0 Å². The number of rotatable bonds is 6. The second kappa shape index (κ2) is 15.8. The summed E-state index contributed by atoms with van der Waals surface area (Å²) >= 11 is 0. The lowest BCUT2D eigenvalue weighted by Gasteiger charge is -2.20. The van der Waals surface area contributed by atoms with Gasteiger partial charge in [0, 0.05) is 27.1 Å². The predicted molar refractivity (Wildman–Crippen MR) is 262 cm³/mol. The molecule has 2 aromatic heterocycles. The molecule has 0 aliphatic carbocycles. The van der Waals surface area contributed by atoms with Crippen LogP contribution in [-0.2, 0) is 6.18 Å². The van der Waals surface area contributed by atoms with E-state index in [-0.39, 0.29) is 0 Å². The summed E-state index contributed by atoms with van der Waals surface area (Å²) in [6.45, 7) is 9.86. The van der Waals surface area contributed by atoms with Gasteiger partial charge in [-0.3, -0.25) is 0 Å². The van der Waals surface area contributed by atoms with Crippen LogP contribution in [0, 0.1) is 36.2 Å². The summed E-state index contributed by atoms with van der Waals surface area (Å²) in [4.78, 5) is 3.90. The third-order valence-electron chi connectivity index (χ3n) is 12.6. The number of aromatic nitrogens is 2. The number of halogens is 3. The third-order valence-corrected chi connectivity index (χ3v) is 12.6. The maximum Gasteiger partial charge on any atom is 0.416 e. The molecule has 9 aromatic carbocycles. The van der Waals surface area contributed by atoms with E-state index in [1.807, 2.05) is 109 Å². The molecule has 0 unspecified atom stereocenters. The van der Waals surface area contributed by atoms with E-state index in [1.54, 1.807) is 25.1 Å². The Morgan fingerprint density at radius 3 is 1.54 bits per heavy atom. The number of nitriles is 2. The fourth-order valence-electron chi connectivity index (χ4n) is 9.60. The van der Waals surface area contributed by atoms with E-state index in [1.165, 1.54) is 6.07 Å². The van der Waals surface area contributed by atoms with E-state index in [9.17, 15) is 23.7 Å². The van der Waals surface area contributed by atoms with Crippen molar-refractivity contribution in [1.29, 1.82) is 10.5 Å². The lowest BCUT2D eigenvalue weighted by molar-refractivity contribution is -0.137. The predicted octanol–water partition coefficient (Wildman–Crippen LogP) is 16.2. The number of nitrogens with zero attached hydrogens (tertiary/aromatic N) is 5. The zero-order chi connectivity index (χ0) is 46.0. The molecule has 0 saturated carbocycles. The summed E-state index contributed by atoms with van der Waals surface area (Å²) in [5.41, 5.74) is 12.7. The molecule has 0 radical (unpaired) electrons. The van der Waals surface area contributed by atoms with Crippen LogP contribution in [-0.4, -0.2) is 9.13 Å². The Kier molecular flexibility index (Phi) is 9.59. The molecule has 11 aromatic rings. The van der Waals surface area contributed by atoms with Gasteiger partial charge in [-0.1, -0.05) is 97.1 Å². The van der Waals surface area contributed by atoms with Crippen LogP contribution < -0.4 is 0 Å². The van der Waals surface area contributed by atoms with Gasteiger partial charge in [0.15, 0.2) is 5.69 Å². The van der Waals surface area contributed by atoms with Gasteiger partial charge in [-0.25, -0.2) is 4.85 Å². The minimum Gasteiger partial charge on any atom is -0.309 e. The first-order valence-corrected chi connectivity index (χ1v) is 21.5. The Hall–Kier alpha value is -9.16. The van der Waals surface area contributed by atoms with E-state index in [4.69, 9.17) is 6.57 Å². The zero-order valence-electron chi connectivity index (χ0n) is 35.8. The molecule has 0 aliphatic heterocycles. The van der Waals surface area contributed by atoms with Crippen molar-refractivity contribution in [1.82, 2.24) is 9.13 Å². The molecule has 0 amide bonds. The molecule has 0 N–H and O–H groups in total. The van der Waals surface area contributed by atoms with E-state index in [2.05, 4.69) is 74.6 Å². The molecular weight excluding hydrogens is 836 g/mol. The SMILES string of the molecule is [C-]#[N+]c1ccc(-n2c3ccccc3c3cc(-c4cccc(C#N)c4)ccc32)c(-c2ccc(-c3cc(C)cc(C(F)(F)F)c3)cc2-n2c3ccccc3c3cc(-c4cccc(C#N)c4)ccc32)c1. The molecule has 8 heteroatoms. The Morgan fingerprint density at radius 2 is 0.970 bits per heavy atom. The lowest BCUT2D eigenvalue weighted by Crippen LogP contribution is -2.05. The van der Waals surface area contributed by atoms with Crippen molar-refractivity contribution in [2.24, 2.45) is 0 Å². The zero-order valence-corrected chi connectivity index (χ0v) is 35.8. The fourth-order valence-corrected chi connectivity index (χ4v) is 9.60. The smallest absolute Gasteiger partial charge is 0.309 e. The molecule has 11 rings (SSSR count). The van der Waals surface area contributed by atoms with Crippen molar-refractivity contribution in [3.8, 4) is 68.0 Å². The number of fused-ring (bicyclic) bond motifs is 6. The Labute approximate surface area is 383 Å². The van der Waals surface area contributed by atoms with Crippen LogP contribution in [0.25, 0.3) is 104 Å². The van der Waals surface area contributed by atoms with E-state index in [0.29, 0.717) is 39.2 Å². The molecule has 67 heavy (non-hydrogen) atoms. The second-order valence-electron chi connectivity index (χ2n) is 16.7. The van der Waals surface area contributed by atoms with Crippen molar-refractivity contribution < 1.29 is 13.2 Å².